The van der Waals surface area contributed by atoms with Crippen LogP contribution in [0.5, 0.6) is 0 Å². The number of rotatable bonds is 7. The molecule has 3 rings (SSSR count). The molecule has 0 saturated heterocycles. The maximum atomic E-state index is 6.42. The summed E-state index contributed by atoms with van der Waals surface area (Å²) in [6.07, 6.45) is 2.17. The third-order valence-electron chi connectivity index (χ3n) is 3.49. The number of furan rings is 1. The highest BCUT2D eigenvalue weighted by Gasteiger charge is 2.17. The second-order valence-corrected chi connectivity index (χ2v) is 6.04. The highest BCUT2D eigenvalue weighted by atomic mass is 35.5. The van der Waals surface area contributed by atoms with Crippen molar-refractivity contribution in [2.45, 2.75) is 19.0 Å². The molecule has 1 unspecified atom stereocenters. The van der Waals surface area contributed by atoms with Crippen LogP contribution in [0.4, 0.5) is 5.82 Å². The number of nitrogens with zero attached hydrogens (tertiary/aromatic N) is 3. The monoisotopic (exact) mass is 369 g/mol. The van der Waals surface area contributed by atoms with Crippen LogP contribution in [-0.2, 0) is 17.7 Å². The number of methoxy groups -OCH3 is 1. The van der Waals surface area contributed by atoms with Gasteiger partial charge in [0.1, 0.15) is 16.4 Å². The molecule has 3 heterocycles. The maximum absolute atomic E-state index is 6.42. The lowest BCUT2D eigenvalue weighted by molar-refractivity contribution is 0.180. The summed E-state index contributed by atoms with van der Waals surface area (Å²) in [6, 6.07) is 5.43. The summed E-state index contributed by atoms with van der Waals surface area (Å²) in [5.74, 6) is 1.35. The summed E-state index contributed by atoms with van der Waals surface area (Å²) in [4.78, 5) is 4.24. The Labute approximate surface area is 148 Å². The van der Waals surface area contributed by atoms with E-state index in [4.69, 9.17) is 38.1 Å². The van der Waals surface area contributed by atoms with Gasteiger partial charge in [0.25, 0.3) is 0 Å². The Morgan fingerprint density at radius 1 is 1.46 bits per heavy atom. The van der Waals surface area contributed by atoms with Crippen molar-refractivity contribution in [1.29, 1.82) is 0 Å². The molecule has 24 heavy (non-hydrogen) atoms. The van der Waals surface area contributed by atoms with E-state index in [1.807, 2.05) is 18.2 Å². The molecule has 0 bridgehead atoms. The van der Waals surface area contributed by atoms with Crippen molar-refractivity contribution < 1.29 is 9.15 Å². The van der Waals surface area contributed by atoms with Crippen molar-refractivity contribution in [1.82, 2.24) is 14.6 Å². The lowest BCUT2D eigenvalue weighted by Gasteiger charge is -2.08. The third-order valence-corrected chi connectivity index (χ3v) is 4.06. The first-order chi connectivity index (χ1) is 11.6. The van der Waals surface area contributed by atoms with Crippen LogP contribution in [0.15, 0.2) is 28.9 Å². The number of hydrogen-bond acceptors (Lipinski definition) is 6. The molecule has 0 fully saturated rings. The highest BCUT2D eigenvalue weighted by molar-refractivity contribution is 6.31. The summed E-state index contributed by atoms with van der Waals surface area (Å²) < 4.78 is 11.9. The average molecular weight is 370 g/mol. The molecule has 3 aromatic rings. The number of fused-ring (bicyclic) bond motifs is 1. The van der Waals surface area contributed by atoms with Crippen molar-refractivity contribution in [2.24, 2.45) is 5.73 Å². The van der Waals surface area contributed by atoms with Crippen molar-refractivity contribution in [2.75, 3.05) is 19.0 Å². The molecule has 9 heteroatoms. The average Bonchev–Trinajstić information content (AvgIpc) is 3.15. The molecule has 128 valence electrons. The van der Waals surface area contributed by atoms with E-state index < -0.39 is 0 Å². The van der Waals surface area contributed by atoms with Crippen LogP contribution in [0.1, 0.15) is 11.3 Å². The fourth-order valence-corrected chi connectivity index (χ4v) is 2.88. The van der Waals surface area contributed by atoms with Crippen LogP contribution < -0.4 is 11.1 Å². The quantitative estimate of drug-likeness (QED) is 0.665. The van der Waals surface area contributed by atoms with Gasteiger partial charge in [-0.2, -0.15) is 4.98 Å². The highest BCUT2D eigenvalue weighted by Crippen LogP contribution is 2.27. The van der Waals surface area contributed by atoms with Crippen molar-refractivity contribution >= 4 is 34.5 Å². The SMILES string of the molecule is COCC(N)Cc1cc2c(NCc3ccco3)nc(Cl)nn2c1Cl. The Morgan fingerprint density at radius 3 is 3.00 bits per heavy atom. The van der Waals surface area contributed by atoms with Gasteiger partial charge in [0.05, 0.1) is 19.4 Å². The topological polar surface area (TPSA) is 90.6 Å². The summed E-state index contributed by atoms with van der Waals surface area (Å²) in [5.41, 5.74) is 7.59. The predicted octanol–water partition coefficient (Wildman–Crippen LogP) is 2.76. The molecule has 0 aliphatic rings. The van der Waals surface area contributed by atoms with Gasteiger partial charge < -0.3 is 20.2 Å². The Morgan fingerprint density at radius 2 is 2.29 bits per heavy atom. The molecule has 0 spiro atoms. The molecule has 3 N–H and O–H groups in total. The molecule has 0 amide bonds. The van der Waals surface area contributed by atoms with Gasteiger partial charge in [0.15, 0.2) is 5.82 Å². The smallest absolute Gasteiger partial charge is 0.243 e. The van der Waals surface area contributed by atoms with Gasteiger partial charge in [-0.15, -0.1) is 5.10 Å². The molecule has 1 atom stereocenters. The number of halogens is 2. The number of aromatic nitrogens is 3. The second kappa shape index (κ2) is 7.40. The van der Waals surface area contributed by atoms with Gasteiger partial charge in [-0.1, -0.05) is 11.6 Å². The molecule has 0 aliphatic heterocycles. The van der Waals surface area contributed by atoms with E-state index in [9.17, 15) is 0 Å². The van der Waals surface area contributed by atoms with Gasteiger partial charge in [0, 0.05) is 13.2 Å². The maximum Gasteiger partial charge on any atom is 0.243 e. The minimum Gasteiger partial charge on any atom is -0.467 e. The lowest BCUT2D eigenvalue weighted by atomic mass is 10.1. The number of nitrogens with one attached hydrogen (secondary N) is 1. The fourth-order valence-electron chi connectivity index (χ4n) is 2.46. The predicted molar refractivity (Wildman–Crippen MR) is 92.6 cm³/mol. The Hall–Kier alpha value is -1.80. The molecule has 0 aromatic carbocycles. The first-order valence-corrected chi connectivity index (χ1v) is 8.08. The minimum absolute atomic E-state index is 0.0923. The van der Waals surface area contributed by atoms with E-state index in [1.165, 1.54) is 0 Å². The number of anilines is 1. The fraction of sp³-hybridized carbons (Fsp3) is 0.333. The minimum atomic E-state index is -0.159. The van der Waals surface area contributed by atoms with Crippen LogP contribution >= 0.6 is 23.2 Å². The van der Waals surface area contributed by atoms with E-state index in [2.05, 4.69) is 15.4 Å². The molecular formula is C15H17Cl2N5O2. The number of nitrogens with two attached hydrogens (primary N) is 1. The Balaban J connectivity index is 1.91. The Kier molecular flexibility index (Phi) is 5.25. The zero-order chi connectivity index (χ0) is 17.1. The molecular weight excluding hydrogens is 353 g/mol. The van der Waals surface area contributed by atoms with Crippen LogP contribution in [0.25, 0.3) is 5.52 Å². The molecule has 0 aliphatic carbocycles. The summed E-state index contributed by atoms with van der Waals surface area (Å²) in [7, 11) is 1.61. The van der Waals surface area contributed by atoms with E-state index >= 15 is 0 Å². The lowest BCUT2D eigenvalue weighted by Crippen LogP contribution is -2.27. The zero-order valence-electron chi connectivity index (χ0n) is 13.0. The summed E-state index contributed by atoms with van der Waals surface area (Å²) in [6.45, 7) is 0.913. The Bertz CT molecular complexity index is 819. The van der Waals surface area contributed by atoms with E-state index in [1.54, 1.807) is 17.9 Å². The number of ether oxygens (including phenoxy) is 1. The van der Waals surface area contributed by atoms with Gasteiger partial charge in [-0.25, -0.2) is 4.52 Å². The molecule has 0 radical (unpaired) electrons. The largest absolute Gasteiger partial charge is 0.467 e. The van der Waals surface area contributed by atoms with Gasteiger partial charge in [-0.05, 0) is 41.8 Å². The van der Waals surface area contributed by atoms with E-state index in [-0.39, 0.29) is 11.3 Å². The van der Waals surface area contributed by atoms with E-state index in [0.717, 1.165) is 16.8 Å². The van der Waals surface area contributed by atoms with Gasteiger partial charge >= 0.3 is 0 Å². The van der Waals surface area contributed by atoms with Crippen LogP contribution in [0.3, 0.4) is 0 Å². The molecule has 3 aromatic heterocycles. The molecule has 7 nitrogen and oxygen atoms in total. The zero-order valence-corrected chi connectivity index (χ0v) is 14.5. The number of hydrogen-bond donors (Lipinski definition) is 2. The second-order valence-electron chi connectivity index (χ2n) is 5.34. The normalized spacial score (nSPS) is 12.7. The third kappa shape index (κ3) is 3.64. The van der Waals surface area contributed by atoms with Crippen LogP contribution in [-0.4, -0.2) is 34.4 Å². The first-order valence-electron chi connectivity index (χ1n) is 7.33. The standard InChI is InChI=1S/C15H17Cl2N5O2/c1-23-8-10(18)5-9-6-12-14(19-7-11-3-2-4-24-11)20-15(17)21-22(12)13(9)16/h2-4,6,10H,5,7-8,18H2,1H3,(H,19,20,21). The van der Waals surface area contributed by atoms with Gasteiger partial charge in [-0.3, -0.25) is 0 Å². The summed E-state index contributed by atoms with van der Waals surface area (Å²) in [5, 5.41) is 7.90. The van der Waals surface area contributed by atoms with Crippen molar-refractivity contribution in [3.8, 4) is 0 Å². The van der Waals surface area contributed by atoms with Crippen molar-refractivity contribution in [3.05, 3.63) is 46.2 Å². The van der Waals surface area contributed by atoms with Crippen LogP contribution in [0, 0.1) is 0 Å². The van der Waals surface area contributed by atoms with Crippen molar-refractivity contribution in [3.63, 3.8) is 0 Å². The molecule has 0 saturated carbocycles. The van der Waals surface area contributed by atoms with Gasteiger partial charge in [0.2, 0.25) is 5.28 Å². The van der Waals surface area contributed by atoms with Crippen LogP contribution in [0.2, 0.25) is 10.4 Å². The van der Waals surface area contributed by atoms with E-state index in [0.29, 0.717) is 30.5 Å². The summed E-state index contributed by atoms with van der Waals surface area (Å²) >= 11 is 12.4. The first kappa shape index (κ1) is 17.0.